The SMILES string of the molecule is CCCC/C=C/CCCCCCCCC(C)(C)[N]CCC. The zero-order chi connectivity index (χ0) is 15.8. The van der Waals surface area contributed by atoms with E-state index < -0.39 is 0 Å². The molecule has 0 fully saturated rings. The first-order chi connectivity index (χ1) is 10.1. The lowest BCUT2D eigenvalue weighted by atomic mass is 9.96. The van der Waals surface area contributed by atoms with Gasteiger partial charge in [0.2, 0.25) is 0 Å². The largest absolute Gasteiger partial charge is 0.236 e. The van der Waals surface area contributed by atoms with Crippen LogP contribution in [0.4, 0.5) is 0 Å². The first-order valence-electron chi connectivity index (χ1n) is 9.46. The molecule has 1 heteroatoms. The van der Waals surface area contributed by atoms with Gasteiger partial charge in [-0.25, -0.2) is 5.32 Å². The molecule has 0 aliphatic rings. The number of unbranched alkanes of at least 4 members (excludes halogenated alkanes) is 8. The quantitative estimate of drug-likeness (QED) is 0.237. The zero-order valence-electron chi connectivity index (χ0n) is 15.3. The van der Waals surface area contributed by atoms with Gasteiger partial charge in [-0.15, -0.1) is 0 Å². The molecule has 0 N–H and O–H groups in total. The van der Waals surface area contributed by atoms with Crippen LogP contribution in [-0.2, 0) is 0 Å². The van der Waals surface area contributed by atoms with Crippen molar-refractivity contribution in [2.75, 3.05) is 6.54 Å². The fourth-order valence-corrected chi connectivity index (χ4v) is 2.58. The van der Waals surface area contributed by atoms with Gasteiger partial charge in [-0.05, 0) is 46.0 Å². The van der Waals surface area contributed by atoms with E-state index in [0.717, 1.165) is 6.54 Å². The summed E-state index contributed by atoms with van der Waals surface area (Å²) in [6.07, 6.45) is 20.7. The van der Waals surface area contributed by atoms with Crippen LogP contribution in [0, 0.1) is 0 Å². The summed E-state index contributed by atoms with van der Waals surface area (Å²) < 4.78 is 0. The molecular weight excluding hydrogens is 254 g/mol. The Balaban J connectivity index is 3.27. The molecule has 0 saturated carbocycles. The van der Waals surface area contributed by atoms with Crippen LogP contribution in [0.5, 0.6) is 0 Å². The number of rotatable bonds is 15. The van der Waals surface area contributed by atoms with Gasteiger partial charge in [-0.2, -0.15) is 0 Å². The summed E-state index contributed by atoms with van der Waals surface area (Å²) in [5.41, 5.74) is 0.208. The van der Waals surface area contributed by atoms with Crippen LogP contribution in [0.2, 0.25) is 0 Å². The summed E-state index contributed by atoms with van der Waals surface area (Å²) in [7, 11) is 0. The van der Waals surface area contributed by atoms with E-state index >= 15 is 0 Å². The van der Waals surface area contributed by atoms with Crippen molar-refractivity contribution >= 4 is 0 Å². The topological polar surface area (TPSA) is 14.1 Å². The first-order valence-corrected chi connectivity index (χ1v) is 9.46. The summed E-state index contributed by atoms with van der Waals surface area (Å²) in [5.74, 6) is 0. The molecule has 125 valence electrons. The zero-order valence-corrected chi connectivity index (χ0v) is 15.3. The minimum Gasteiger partial charge on any atom is -0.236 e. The summed E-state index contributed by atoms with van der Waals surface area (Å²) in [4.78, 5) is 0. The Morgan fingerprint density at radius 2 is 1.29 bits per heavy atom. The van der Waals surface area contributed by atoms with Gasteiger partial charge in [-0.3, -0.25) is 0 Å². The van der Waals surface area contributed by atoms with Gasteiger partial charge in [0.05, 0.1) is 0 Å². The van der Waals surface area contributed by atoms with Crippen LogP contribution in [0.25, 0.3) is 0 Å². The number of allylic oxidation sites excluding steroid dienone is 2. The van der Waals surface area contributed by atoms with E-state index in [9.17, 15) is 0 Å². The van der Waals surface area contributed by atoms with Gasteiger partial charge in [-0.1, -0.05) is 70.9 Å². The van der Waals surface area contributed by atoms with Crippen molar-refractivity contribution in [1.29, 1.82) is 0 Å². The minimum absolute atomic E-state index is 0.208. The summed E-state index contributed by atoms with van der Waals surface area (Å²) in [6.45, 7) is 10.1. The number of nitrogens with zero attached hydrogens (tertiary/aromatic N) is 1. The Morgan fingerprint density at radius 1 is 0.714 bits per heavy atom. The standard InChI is InChI=1S/C20H40N/c1-5-7-8-9-10-11-12-13-14-15-16-17-18-20(3,4)21-19-6-2/h9-10H,5-8,11-19H2,1-4H3/b10-9+. The number of hydrogen-bond acceptors (Lipinski definition) is 0. The average molecular weight is 295 g/mol. The molecule has 0 saturated heterocycles. The van der Waals surface area contributed by atoms with Crippen molar-refractivity contribution in [3.8, 4) is 0 Å². The Hall–Kier alpha value is -0.300. The average Bonchev–Trinajstić information content (AvgIpc) is 2.46. The van der Waals surface area contributed by atoms with Crippen molar-refractivity contribution < 1.29 is 0 Å². The highest BCUT2D eigenvalue weighted by molar-refractivity contribution is 4.81. The van der Waals surface area contributed by atoms with E-state index in [1.165, 1.54) is 77.0 Å². The lowest BCUT2D eigenvalue weighted by Gasteiger charge is -2.24. The van der Waals surface area contributed by atoms with Crippen LogP contribution < -0.4 is 5.32 Å². The molecule has 0 heterocycles. The van der Waals surface area contributed by atoms with Gasteiger partial charge in [0.25, 0.3) is 0 Å². The van der Waals surface area contributed by atoms with Crippen molar-refractivity contribution in [2.24, 2.45) is 0 Å². The fraction of sp³-hybridized carbons (Fsp3) is 0.900. The second-order valence-electron chi connectivity index (χ2n) is 6.97. The molecule has 1 nitrogen and oxygen atoms in total. The first kappa shape index (κ1) is 20.7. The maximum absolute atomic E-state index is 4.76. The van der Waals surface area contributed by atoms with Crippen molar-refractivity contribution in [2.45, 2.75) is 110 Å². The summed E-state index contributed by atoms with van der Waals surface area (Å²) in [6, 6.07) is 0. The Bertz CT molecular complexity index is 230. The van der Waals surface area contributed by atoms with E-state index in [1.807, 2.05) is 0 Å². The Morgan fingerprint density at radius 3 is 1.90 bits per heavy atom. The normalized spacial score (nSPS) is 12.4. The van der Waals surface area contributed by atoms with E-state index in [4.69, 9.17) is 5.32 Å². The predicted octanol–water partition coefficient (Wildman–Crippen LogP) is 6.65. The van der Waals surface area contributed by atoms with Gasteiger partial charge in [0.15, 0.2) is 0 Å². The van der Waals surface area contributed by atoms with E-state index in [2.05, 4.69) is 39.8 Å². The summed E-state index contributed by atoms with van der Waals surface area (Å²) in [5, 5.41) is 4.76. The van der Waals surface area contributed by atoms with Gasteiger partial charge in [0.1, 0.15) is 0 Å². The second-order valence-corrected chi connectivity index (χ2v) is 6.97. The molecular formula is C20H40N. The lowest BCUT2D eigenvalue weighted by Crippen LogP contribution is -2.33. The highest BCUT2D eigenvalue weighted by Crippen LogP contribution is 2.17. The maximum atomic E-state index is 4.76. The summed E-state index contributed by atoms with van der Waals surface area (Å²) >= 11 is 0. The molecule has 0 atom stereocenters. The van der Waals surface area contributed by atoms with E-state index in [-0.39, 0.29) is 5.54 Å². The number of hydrogen-bond donors (Lipinski definition) is 0. The molecule has 0 aromatic heterocycles. The smallest absolute Gasteiger partial charge is 0.0300 e. The van der Waals surface area contributed by atoms with Crippen LogP contribution in [0.3, 0.4) is 0 Å². The fourth-order valence-electron chi connectivity index (χ4n) is 2.58. The van der Waals surface area contributed by atoms with Gasteiger partial charge >= 0.3 is 0 Å². The van der Waals surface area contributed by atoms with Crippen LogP contribution in [0.15, 0.2) is 12.2 Å². The lowest BCUT2D eigenvalue weighted by molar-refractivity contribution is 0.340. The third-order valence-corrected chi connectivity index (χ3v) is 4.06. The molecule has 0 bridgehead atoms. The van der Waals surface area contributed by atoms with Crippen molar-refractivity contribution in [1.82, 2.24) is 5.32 Å². The highest BCUT2D eigenvalue weighted by Gasteiger charge is 2.16. The van der Waals surface area contributed by atoms with Gasteiger partial charge in [0, 0.05) is 12.1 Å². The minimum atomic E-state index is 0.208. The van der Waals surface area contributed by atoms with Crippen LogP contribution in [-0.4, -0.2) is 12.1 Å². The molecule has 0 aromatic carbocycles. The molecule has 0 aliphatic carbocycles. The molecule has 0 spiro atoms. The second kappa shape index (κ2) is 14.6. The molecule has 0 amide bonds. The molecule has 0 unspecified atom stereocenters. The third kappa shape index (κ3) is 15.9. The van der Waals surface area contributed by atoms with Crippen molar-refractivity contribution in [3.63, 3.8) is 0 Å². The molecule has 0 aromatic rings. The molecule has 0 rings (SSSR count). The monoisotopic (exact) mass is 294 g/mol. The Labute approximate surface area is 135 Å². The predicted molar refractivity (Wildman–Crippen MR) is 97.0 cm³/mol. The third-order valence-electron chi connectivity index (χ3n) is 4.06. The van der Waals surface area contributed by atoms with Crippen molar-refractivity contribution in [3.05, 3.63) is 12.2 Å². The molecule has 1 radical (unpaired) electrons. The molecule has 21 heavy (non-hydrogen) atoms. The molecule has 0 aliphatic heterocycles. The van der Waals surface area contributed by atoms with Crippen LogP contribution in [0.1, 0.15) is 105 Å². The maximum Gasteiger partial charge on any atom is 0.0300 e. The van der Waals surface area contributed by atoms with Gasteiger partial charge < -0.3 is 0 Å². The highest BCUT2D eigenvalue weighted by atomic mass is 14.9. The Kier molecular flexibility index (Phi) is 14.4. The van der Waals surface area contributed by atoms with E-state index in [0.29, 0.717) is 0 Å². The van der Waals surface area contributed by atoms with E-state index in [1.54, 1.807) is 0 Å². The van der Waals surface area contributed by atoms with Crippen LogP contribution >= 0.6 is 0 Å².